The van der Waals surface area contributed by atoms with Crippen molar-refractivity contribution >= 4 is 17.2 Å². The van der Waals surface area contributed by atoms with Crippen LogP contribution < -0.4 is 14.8 Å². The number of methoxy groups -OCH3 is 1. The van der Waals surface area contributed by atoms with E-state index in [0.29, 0.717) is 17.1 Å². The minimum atomic E-state index is -0.169. The zero-order valence-corrected chi connectivity index (χ0v) is 19.5. The second kappa shape index (κ2) is 10.0. The molecular formula is C24H33N3O3S. The summed E-state index contributed by atoms with van der Waals surface area (Å²) >= 11 is 1.56. The molecular weight excluding hydrogens is 410 g/mol. The molecule has 2 aliphatic rings. The molecule has 31 heavy (non-hydrogen) atoms. The third-order valence-electron chi connectivity index (χ3n) is 6.40. The van der Waals surface area contributed by atoms with E-state index < -0.39 is 0 Å². The summed E-state index contributed by atoms with van der Waals surface area (Å²) in [4.78, 5) is 20.2. The van der Waals surface area contributed by atoms with Crippen LogP contribution in [0.25, 0.3) is 0 Å². The van der Waals surface area contributed by atoms with Crippen molar-refractivity contribution in [1.29, 1.82) is 0 Å². The summed E-state index contributed by atoms with van der Waals surface area (Å²) in [6.45, 7) is 6.07. The van der Waals surface area contributed by atoms with Gasteiger partial charge in [-0.25, -0.2) is 4.98 Å². The Morgan fingerprint density at radius 2 is 1.97 bits per heavy atom. The number of hydrogen-bond donors (Lipinski definition) is 1. The second-order valence-electron chi connectivity index (χ2n) is 8.68. The van der Waals surface area contributed by atoms with Crippen LogP contribution in [0.2, 0.25) is 0 Å². The van der Waals surface area contributed by atoms with Crippen molar-refractivity contribution in [3.8, 4) is 11.5 Å². The number of benzene rings is 1. The van der Waals surface area contributed by atoms with Gasteiger partial charge in [0.05, 0.1) is 18.7 Å². The highest BCUT2D eigenvalue weighted by atomic mass is 32.1. The number of thiazole rings is 1. The van der Waals surface area contributed by atoms with Gasteiger partial charge in [-0.05, 0) is 57.7 Å². The van der Waals surface area contributed by atoms with Gasteiger partial charge >= 0.3 is 0 Å². The SMILES string of the molecule is COc1ccc(OC2CCN(C3CCCC3)CC2)c(C(=O)N[C@H](C)c2nc(C)cs2)c1. The van der Waals surface area contributed by atoms with Crippen LogP contribution >= 0.6 is 11.3 Å². The summed E-state index contributed by atoms with van der Waals surface area (Å²) in [7, 11) is 1.61. The van der Waals surface area contributed by atoms with Crippen LogP contribution in [0.5, 0.6) is 11.5 Å². The van der Waals surface area contributed by atoms with Crippen molar-refractivity contribution in [3.63, 3.8) is 0 Å². The fourth-order valence-corrected chi connectivity index (χ4v) is 5.43. The molecule has 2 fully saturated rings. The Kier molecular flexibility index (Phi) is 7.13. The molecule has 6 nitrogen and oxygen atoms in total. The lowest BCUT2D eigenvalue weighted by atomic mass is 10.0. The standard InChI is InChI=1S/C24H33N3O3S/c1-16-15-31-24(25-16)17(2)26-23(28)21-14-20(29-3)8-9-22(21)30-19-10-12-27(13-11-19)18-6-4-5-7-18/h8-9,14-15,17-19H,4-7,10-13H2,1-3H3,(H,26,28)/t17-/m1/s1. The number of likely N-dealkylation sites (tertiary alicyclic amines) is 1. The zero-order chi connectivity index (χ0) is 21.8. The first kappa shape index (κ1) is 22.1. The van der Waals surface area contributed by atoms with Crippen LogP contribution in [-0.2, 0) is 0 Å². The van der Waals surface area contributed by atoms with Gasteiger partial charge < -0.3 is 19.7 Å². The first-order valence-corrected chi connectivity index (χ1v) is 12.2. The number of piperidine rings is 1. The Bertz CT molecular complexity index is 886. The summed E-state index contributed by atoms with van der Waals surface area (Å²) < 4.78 is 11.7. The van der Waals surface area contributed by atoms with Crippen molar-refractivity contribution < 1.29 is 14.3 Å². The van der Waals surface area contributed by atoms with E-state index in [-0.39, 0.29) is 18.1 Å². The number of carbonyl (C=O) groups excluding carboxylic acids is 1. The smallest absolute Gasteiger partial charge is 0.255 e. The van der Waals surface area contributed by atoms with Crippen molar-refractivity contribution in [1.82, 2.24) is 15.2 Å². The quantitative estimate of drug-likeness (QED) is 0.670. The highest BCUT2D eigenvalue weighted by molar-refractivity contribution is 7.09. The fraction of sp³-hybridized carbons (Fsp3) is 0.583. The van der Waals surface area contributed by atoms with Gasteiger partial charge in [-0.1, -0.05) is 12.8 Å². The lowest BCUT2D eigenvalue weighted by molar-refractivity contribution is 0.0748. The van der Waals surface area contributed by atoms with Gasteiger partial charge in [0.1, 0.15) is 22.6 Å². The topological polar surface area (TPSA) is 63.7 Å². The molecule has 2 aromatic rings. The molecule has 1 aromatic heterocycles. The molecule has 1 amide bonds. The van der Waals surface area contributed by atoms with E-state index in [9.17, 15) is 4.79 Å². The predicted octanol–water partition coefficient (Wildman–Crippen LogP) is 4.74. The van der Waals surface area contributed by atoms with Crippen LogP contribution in [0.1, 0.15) is 72.6 Å². The molecule has 0 radical (unpaired) electrons. The third-order valence-corrected chi connectivity index (χ3v) is 7.54. The molecule has 0 bridgehead atoms. The van der Waals surface area contributed by atoms with Crippen LogP contribution in [0, 0.1) is 6.92 Å². The summed E-state index contributed by atoms with van der Waals surface area (Å²) in [6, 6.07) is 6.07. The molecule has 1 N–H and O–H groups in total. The second-order valence-corrected chi connectivity index (χ2v) is 9.57. The molecule has 1 saturated heterocycles. The Balaban J connectivity index is 1.42. The van der Waals surface area contributed by atoms with Gasteiger partial charge in [0, 0.05) is 30.2 Å². The fourth-order valence-electron chi connectivity index (χ4n) is 4.63. The lowest BCUT2D eigenvalue weighted by Crippen LogP contribution is -2.43. The van der Waals surface area contributed by atoms with E-state index in [1.807, 2.05) is 31.4 Å². The molecule has 0 spiro atoms. The molecule has 1 aromatic carbocycles. The van der Waals surface area contributed by atoms with Gasteiger partial charge in [-0.2, -0.15) is 0 Å². The monoisotopic (exact) mass is 443 g/mol. The molecule has 2 heterocycles. The van der Waals surface area contributed by atoms with Crippen LogP contribution in [0.3, 0.4) is 0 Å². The molecule has 168 valence electrons. The maximum absolute atomic E-state index is 13.1. The Morgan fingerprint density at radius 1 is 1.23 bits per heavy atom. The van der Waals surface area contributed by atoms with Gasteiger partial charge in [0.25, 0.3) is 5.91 Å². The molecule has 1 atom stereocenters. The Morgan fingerprint density at radius 3 is 2.61 bits per heavy atom. The molecule has 1 aliphatic heterocycles. The largest absolute Gasteiger partial charge is 0.497 e. The number of hydrogen-bond acceptors (Lipinski definition) is 6. The number of aryl methyl sites for hydroxylation is 1. The normalized spacial score (nSPS) is 19.3. The number of aromatic nitrogens is 1. The number of ether oxygens (including phenoxy) is 2. The highest BCUT2D eigenvalue weighted by Gasteiger charge is 2.28. The molecule has 1 saturated carbocycles. The first-order valence-electron chi connectivity index (χ1n) is 11.3. The highest BCUT2D eigenvalue weighted by Crippen LogP contribution is 2.30. The predicted molar refractivity (Wildman–Crippen MR) is 123 cm³/mol. The number of rotatable bonds is 7. The first-order chi connectivity index (χ1) is 15.0. The van der Waals surface area contributed by atoms with E-state index >= 15 is 0 Å². The van der Waals surface area contributed by atoms with E-state index in [0.717, 1.165) is 42.7 Å². The summed E-state index contributed by atoms with van der Waals surface area (Å²) in [5.74, 6) is 1.10. The maximum Gasteiger partial charge on any atom is 0.255 e. The number of carbonyl (C=O) groups is 1. The average Bonchev–Trinajstić information content (AvgIpc) is 3.46. The van der Waals surface area contributed by atoms with Crippen molar-refractivity contribution in [2.24, 2.45) is 0 Å². The van der Waals surface area contributed by atoms with E-state index in [1.165, 1.54) is 25.7 Å². The molecule has 7 heteroatoms. The minimum absolute atomic E-state index is 0.136. The third kappa shape index (κ3) is 5.39. The van der Waals surface area contributed by atoms with Crippen molar-refractivity contribution in [3.05, 3.63) is 39.8 Å². The van der Waals surface area contributed by atoms with E-state index in [2.05, 4.69) is 15.2 Å². The number of nitrogens with zero attached hydrogens (tertiary/aromatic N) is 2. The van der Waals surface area contributed by atoms with E-state index in [1.54, 1.807) is 24.5 Å². The number of amides is 1. The Labute approximate surface area is 189 Å². The summed E-state index contributed by atoms with van der Waals surface area (Å²) in [5.41, 5.74) is 1.48. The van der Waals surface area contributed by atoms with E-state index in [4.69, 9.17) is 9.47 Å². The maximum atomic E-state index is 13.1. The van der Waals surface area contributed by atoms with Gasteiger partial charge in [0.15, 0.2) is 0 Å². The van der Waals surface area contributed by atoms with Crippen molar-refractivity contribution in [2.75, 3.05) is 20.2 Å². The van der Waals surface area contributed by atoms with Gasteiger partial charge in [-0.3, -0.25) is 4.79 Å². The lowest BCUT2D eigenvalue weighted by Gasteiger charge is -2.36. The van der Waals surface area contributed by atoms with Gasteiger partial charge in [-0.15, -0.1) is 11.3 Å². The van der Waals surface area contributed by atoms with Crippen molar-refractivity contribution in [2.45, 2.75) is 70.6 Å². The Hall–Kier alpha value is -2.12. The van der Waals surface area contributed by atoms with Gasteiger partial charge in [0.2, 0.25) is 0 Å². The summed E-state index contributed by atoms with van der Waals surface area (Å²) in [5, 5.41) is 5.96. The number of nitrogens with one attached hydrogen (secondary N) is 1. The van der Waals surface area contributed by atoms with Crippen LogP contribution in [0.4, 0.5) is 0 Å². The molecule has 0 unspecified atom stereocenters. The molecule has 1 aliphatic carbocycles. The summed E-state index contributed by atoms with van der Waals surface area (Å²) in [6.07, 6.45) is 7.54. The van der Waals surface area contributed by atoms with Crippen LogP contribution in [-0.4, -0.2) is 48.1 Å². The van der Waals surface area contributed by atoms with Crippen LogP contribution in [0.15, 0.2) is 23.6 Å². The zero-order valence-electron chi connectivity index (χ0n) is 18.7. The minimum Gasteiger partial charge on any atom is -0.497 e. The average molecular weight is 444 g/mol. The molecule has 4 rings (SSSR count).